The number of halogens is 3. The number of likely N-dealkylation sites (N-methyl/N-ethyl adjacent to an activating group) is 1. The molecule has 0 aromatic carbocycles. The first-order valence-electron chi connectivity index (χ1n) is 8.40. The predicted molar refractivity (Wildman–Crippen MR) is 94.3 cm³/mol. The second-order valence-corrected chi connectivity index (χ2v) is 8.19. The van der Waals surface area contributed by atoms with Gasteiger partial charge in [-0.05, 0) is 24.6 Å². The predicted octanol–water partition coefficient (Wildman–Crippen LogP) is 2.31. The lowest BCUT2D eigenvalue weighted by Crippen LogP contribution is -2.61. The van der Waals surface area contributed by atoms with E-state index in [2.05, 4.69) is 14.9 Å². The van der Waals surface area contributed by atoms with Crippen molar-refractivity contribution in [3.8, 4) is 0 Å². The molecular formula is C17H18F3N5OS. The summed E-state index contributed by atoms with van der Waals surface area (Å²) in [6.45, 7) is 2.31. The topological polar surface area (TPSA) is 75.4 Å². The lowest BCUT2D eigenvalue weighted by molar-refractivity contribution is -0.134. The van der Waals surface area contributed by atoms with Crippen LogP contribution in [0.15, 0.2) is 23.7 Å². The van der Waals surface area contributed by atoms with Gasteiger partial charge in [0, 0.05) is 43.7 Å². The third kappa shape index (κ3) is 3.06. The van der Waals surface area contributed by atoms with Gasteiger partial charge in [0.15, 0.2) is 0 Å². The highest BCUT2D eigenvalue weighted by Gasteiger charge is 2.56. The van der Waals surface area contributed by atoms with Crippen molar-refractivity contribution in [1.82, 2.24) is 19.8 Å². The highest BCUT2D eigenvalue weighted by Crippen LogP contribution is 2.49. The molecule has 27 heavy (non-hydrogen) atoms. The van der Waals surface area contributed by atoms with Gasteiger partial charge in [-0.25, -0.2) is 9.97 Å². The molecule has 1 atom stereocenters. The number of hydrogen-bond donors (Lipinski definition) is 1. The molecule has 2 saturated heterocycles. The van der Waals surface area contributed by atoms with Crippen LogP contribution >= 0.6 is 11.3 Å². The van der Waals surface area contributed by atoms with Gasteiger partial charge in [-0.15, -0.1) is 11.3 Å². The number of amides is 1. The van der Waals surface area contributed by atoms with Crippen LogP contribution in [0, 0.1) is 5.41 Å². The minimum Gasteiger partial charge on any atom is -0.368 e. The molecule has 6 nitrogen and oxygen atoms in total. The Bertz CT molecular complexity index is 877. The van der Waals surface area contributed by atoms with Crippen molar-refractivity contribution in [3.05, 3.63) is 39.8 Å². The summed E-state index contributed by atoms with van der Waals surface area (Å²) >= 11 is 0.548. The van der Waals surface area contributed by atoms with E-state index in [0.29, 0.717) is 24.4 Å². The number of carbonyl (C=O) groups is 1. The second kappa shape index (κ2) is 6.16. The van der Waals surface area contributed by atoms with Gasteiger partial charge >= 0.3 is 6.18 Å². The number of anilines is 1. The molecule has 144 valence electrons. The average Bonchev–Trinajstić information content (AvgIpc) is 3.17. The van der Waals surface area contributed by atoms with Gasteiger partial charge in [0.25, 0.3) is 5.91 Å². The molecule has 0 aliphatic carbocycles. The molecule has 0 radical (unpaired) electrons. The Morgan fingerprint density at radius 3 is 2.74 bits per heavy atom. The molecule has 0 saturated carbocycles. The van der Waals surface area contributed by atoms with E-state index in [1.807, 2.05) is 13.1 Å². The normalized spacial score (nSPS) is 22.2. The number of likely N-dealkylation sites (tertiary alicyclic amines) is 2. The second-order valence-electron chi connectivity index (χ2n) is 7.27. The van der Waals surface area contributed by atoms with E-state index in [-0.39, 0.29) is 22.8 Å². The fourth-order valence-electron chi connectivity index (χ4n) is 4.25. The summed E-state index contributed by atoms with van der Waals surface area (Å²) in [6, 6.07) is 3.07. The van der Waals surface area contributed by atoms with E-state index in [4.69, 9.17) is 5.73 Å². The molecular weight excluding hydrogens is 379 g/mol. The van der Waals surface area contributed by atoms with Crippen molar-refractivity contribution in [3.63, 3.8) is 0 Å². The van der Waals surface area contributed by atoms with Crippen molar-refractivity contribution in [2.24, 2.45) is 5.41 Å². The van der Waals surface area contributed by atoms with Crippen LogP contribution < -0.4 is 5.73 Å². The minimum atomic E-state index is -4.52. The molecule has 1 amide bonds. The maximum Gasteiger partial charge on any atom is 0.426 e. The van der Waals surface area contributed by atoms with Crippen LogP contribution in [0.5, 0.6) is 0 Å². The van der Waals surface area contributed by atoms with E-state index in [9.17, 15) is 18.0 Å². The van der Waals surface area contributed by atoms with Crippen LogP contribution in [-0.2, 0) is 6.18 Å². The number of thiophene rings is 1. The summed E-state index contributed by atoms with van der Waals surface area (Å²) in [4.78, 5) is 23.7. The average molecular weight is 397 g/mol. The van der Waals surface area contributed by atoms with Crippen molar-refractivity contribution >= 4 is 23.2 Å². The molecule has 1 unspecified atom stereocenters. The molecule has 2 fully saturated rings. The highest BCUT2D eigenvalue weighted by atomic mass is 32.1. The van der Waals surface area contributed by atoms with Crippen molar-refractivity contribution in [2.45, 2.75) is 12.1 Å². The summed E-state index contributed by atoms with van der Waals surface area (Å²) in [5.41, 5.74) is 6.02. The summed E-state index contributed by atoms with van der Waals surface area (Å²) in [7, 11) is 1.98. The number of carbonyl (C=O) groups excluding carboxylic acids is 1. The van der Waals surface area contributed by atoms with E-state index >= 15 is 0 Å². The number of nitrogens with zero attached hydrogens (tertiary/aromatic N) is 4. The molecule has 4 rings (SSSR count). The van der Waals surface area contributed by atoms with Gasteiger partial charge in [-0.2, -0.15) is 13.2 Å². The monoisotopic (exact) mass is 397 g/mol. The van der Waals surface area contributed by atoms with Crippen LogP contribution in [0.3, 0.4) is 0 Å². The Hall–Kier alpha value is -2.20. The van der Waals surface area contributed by atoms with Gasteiger partial charge in [-0.1, -0.05) is 0 Å². The van der Waals surface area contributed by atoms with Gasteiger partial charge in [0.1, 0.15) is 4.88 Å². The summed E-state index contributed by atoms with van der Waals surface area (Å²) in [5.74, 6) is -0.316. The Labute approximate surface area is 157 Å². The molecule has 4 heterocycles. The quantitative estimate of drug-likeness (QED) is 0.842. The largest absolute Gasteiger partial charge is 0.426 e. The summed E-state index contributed by atoms with van der Waals surface area (Å²) in [5, 5.41) is 1.31. The molecule has 10 heteroatoms. The number of rotatable bonds is 2. The number of aromatic nitrogens is 2. The van der Waals surface area contributed by atoms with Crippen molar-refractivity contribution < 1.29 is 18.0 Å². The van der Waals surface area contributed by atoms with Crippen LogP contribution in [0.2, 0.25) is 0 Å². The third-order valence-electron chi connectivity index (χ3n) is 5.32. The van der Waals surface area contributed by atoms with Gasteiger partial charge in [0.05, 0.1) is 11.3 Å². The molecule has 2 N–H and O–H groups in total. The maximum atomic E-state index is 13.1. The first-order valence-corrected chi connectivity index (χ1v) is 9.28. The highest BCUT2D eigenvalue weighted by molar-refractivity contribution is 7.10. The first kappa shape index (κ1) is 18.2. The molecule has 2 aromatic rings. The number of hydrogen-bond acceptors (Lipinski definition) is 6. The molecule has 2 aliphatic heterocycles. The van der Waals surface area contributed by atoms with Crippen LogP contribution in [0.1, 0.15) is 26.8 Å². The fourth-order valence-corrected chi connectivity index (χ4v) is 5.01. The van der Waals surface area contributed by atoms with Gasteiger partial charge in [0.2, 0.25) is 5.95 Å². The lowest BCUT2D eigenvalue weighted by atomic mass is 9.70. The van der Waals surface area contributed by atoms with Crippen LogP contribution in [-0.4, -0.2) is 58.9 Å². The smallest absolute Gasteiger partial charge is 0.368 e. The Morgan fingerprint density at radius 1 is 1.33 bits per heavy atom. The van der Waals surface area contributed by atoms with Crippen LogP contribution in [0.4, 0.5) is 19.1 Å². The zero-order valence-electron chi connectivity index (χ0n) is 14.5. The van der Waals surface area contributed by atoms with Crippen LogP contribution in [0.25, 0.3) is 0 Å². The van der Waals surface area contributed by atoms with Gasteiger partial charge in [-0.3, -0.25) is 4.79 Å². The summed E-state index contributed by atoms with van der Waals surface area (Å²) in [6.07, 6.45) is -2.91. The minimum absolute atomic E-state index is 0.0569. The van der Waals surface area contributed by atoms with Crippen molar-refractivity contribution in [2.75, 3.05) is 39.0 Å². The SMILES string of the molecule is CN1CC(c2ccnc(N)n2)C2(C1)CN(C(=O)c1ccsc1C(F)(F)F)C2. The van der Waals surface area contributed by atoms with Crippen molar-refractivity contribution in [1.29, 1.82) is 0 Å². The Morgan fingerprint density at radius 2 is 2.07 bits per heavy atom. The van der Waals surface area contributed by atoms with E-state index in [1.54, 1.807) is 6.20 Å². The number of nitrogens with two attached hydrogens (primary N) is 1. The van der Waals surface area contributed by atoms with E-state index in [0.717, 1.165) is 18.8 Å². The zero-order chi connectivity index (χ0) is 19.4. The maximum absolute atomic E-state index is 13.1. The number of nitrogen functional groups attached to an aromatic ring is 1. The Balaban J connectivity index is 1.55. The van der Waals surface area contributed by atoms with Gasteiger partial charge < -0.3 is 15.5 Å². The zero-order valence-corrected chi connectivity index (χ0v) is 15.3. The van der Waals surface area contributed by atoms with E-state index in [1.165, 1.54) is 16.3 Å². The molecule has 0 bridgehead atoms. The first-order chi connectivity index (χ1) is 12.7. The fraction of sp³-hybridized carbons (Fsp3) is 0.471. The molecule has 2 aromatic heterocycles. The standard InChI is InChI=1S/C17H18F3N5OS/c1-24-6-11(12-2-4-22-15(21)23-12)16(7-24)8-25(9-16)14(26)10-3-5-27-13(10)17(18,19)20/h2-5,11H,6-9H2,1H3,(H2,21,22,23). The summed E-state index contributed by atoms with van der Waals surface area (Å²) < 4.78 is 39.3. The van der Waals surface area contributed by atoms with E-state index < -0.39 is 17.0 Å². The lowest BCUT2D eigenvalue weighted by Gasteiger charge is -2.51. The molecule has 2 aliphatic rings. The number of alkyl halides is 3. The third-order valence-corrected chi connectivity index (χ3v) is 6.28. The molecule has 1 spiro atoms. The Kier molecular flexibility index (Phi) is 4.15.